The number of carbonyl (C=O) groups is 2. The first-order valence-corrected chi connectivity index (χ1v) is 9.16. The Balaban J connectivity index is 2.08. The molecule has 0 spiro atoms. The van der Waals surface area contributed by atoms with Gasteiger partial charge in [0.25, 0.3) is 0 Å². The van der Waals surface area contributed by atoms with Gasteiger partial charge in [0.1, 0.15) is 23.5 Å². The molecule has 2 aliphatic heterocycles. The van der Waals surface area contributed by atoms with E-state index in [-0.39, 0.29) is 23.7 Å². The first-order chi connectivity index (χ1) is 13.3. The van der Waals surface area contributed by atoms with Crippen LogP contribution in [-0.4, -0.2) is 51.6 Å². The monoisotopic (exact) mass is 385 g/mol. The molecule has 0 unspecified atom stereocenters. The van der Waals surface area contributed by atoms with Gasteiger partial charge >= 0.3 is 5.97 Å². The van der Waals surface area contributed by atoms with Crippen LogP contribution < -0.4 is 0 Å². The van der Waals surface area contributed by atoms with Crippen molar-refractivity contribution >= 4 is 29.7 Å². The second-order valence-electron chi connectivity index (χ2n) is 7.09. The van der Waals surface area contributed by atoms with Gasteiger partial charge in [-0.25, -0.2) is 4.79 Å². The number of fused-ring (bicyclic) bond motifs is 3. The van der Waals surface area contributed by atoms with Gasteiger partial charge in [0.15, 0.2) is 5.78 Å². The smallest absolute Gasteiger partial charge is 0.342 e. The van der Waals surface area contributed by atoms with Crippen molar-refractivity contribution in [2.45, 2.75) is 45.0 Å². The number of aliphatic imine (C=N–C) groups is 1. The van der Waals surface area contributed by atoms with E-state index in [0.29, 0.717) is 17.7 Å². The highest BCUT2D eigenvalue weighted by atomic mass is 16.5. The quantitative estimate of drug-likeness (QED) is 0.589. The van der Waals surface area contributed by atoms with Gasteiger partial charge in [0.2, 0.25) is 0 Å². The van der Waals surface area contributed by atoms with Crippen molar-refractivity contribution in [3.63, 3.8) is 0 Å². The van der Waals surface area contributed by atoms with Crippen LogP contribution in [-0.2, 0) is 16.0 Å². The van der Waals surface area contributed by atoms with E-state index in [2.05, 4.69) is 4.99 Å². The molecule has 3 N–H and O–H groups in total. The summed E-state index contributed by atoms with van der Waals surface area (Å²) in [6, 6.07) is 1.50. The van der Waals surface area contributed by atoms with Crippen molar-refractivity contribution in [2.75, 3.05) is 0 Å². The minimum Gasteiger partial charge on any atom is -0.507 e. The number of ether oxygens (including phenoxy) is 1. The molecule has 0 saturated heterocycles. The number of nitrogens with zero attached hydrogens (tertiary/aromatic N) is 1. The van der Waals surface area contributed by atoms with Crippen molar-refractivity contribution in [1.82, 2.24) is 0 Å². The standard InChI is InChI=1S/C21H23NO6/c1-11-6-7-16(24)20(26)15(23)5-3-4-14-18(21(27)28-12(11)2)17(25)10-13-8-9-22-19(13)14/h3-4,6-7,9-12,15,20,23,25-26H,5,8H2,1-2H3/b4-3+,7-6-/t11-,12+,15+,20+/m1/s1. The van der Waals surface area contributed by atoms with Crippen molar-refractivity contribution < 1.29 is 29.6 Å². The lowest BCUT2D eigenvalue weighted by molar-refractivity contribution is -0.127. The second-order valence-corrected chi connectivity index (χ2v) is 7.09. The van der Waals surface area contributed by atoms with Gasteiger partial charge in [-0.05, 0) is 31.1 Å². The number of aliphatic hydroxyl groups is 2. The molecule has 2 heterocycles. The van der Waals surface area contributed by atoms with Crippen LogP contribution in [0.3, 0.4) is 0 Å². The van der Waals surface area contributed by atoms with Crippen LogP contribution in [0.25, 0.3) is 6.08 Å². The highest BCUT2D eigenvalue weighted by Gasteiger charge is 2.27. The van der Waals surface area contributed by atoms with Gasteiger partial charge in [-0.2, -0.15) is 0 Å². The van der Waals surface area contributed by atoms with Crippen LogP contribution in [0.2, 0.25) is 0 Å². The largest absolute Gasteiger partial charge is 0.507 e. The van der Waals surface area contributed by atoms with E-state index in [9.17, 15) is 24.9 Å². The van der Waals surface area contributed by atoms with E-state index >= 15 is 0 Å². The molecule has 2 aliphatic rings. The van der Waals surface area contributed by atoms with Crippen LogP contribution in [0.15, 0.2) is 29.3 Å². The van der Waals surface area contributed by atoms with E-state index in [0.717, 1.165) is 5.56 Å². The summed E-state index contributed by atoms with van der Waals surface area (Å²) in [7, 11) is 0. The van der Waals surface area contributed by atoms with Crippen molar-refractivity contribution in [1.29, 1.82) is 0 Å². The minimum atomic E-state index is -1.55. The number of carbonyl (C=O) groups excluding carboxylic acids is 2. The molecule has 0 saturated carbocycles. The van der Waals surface area contributed by atoms with Gasteiger partial charge in [-0.15, -0.1) is 0 Å². The third kappa shape index (κ3) is 3.90. The summed E-state index contributed by atoms with van der Waals surface area (Å²) in [6.45, 7) is 3.43. The summed E-state index contributed by atoms with van der Waals surface area (Å²) in [6.07, 6.45) is 4.54. The van der Waals surface area contributed by atoms with Crippen molar-refractivity contribution in [2.24, 2.45) is 10.9 Å². The second kappa shape index (κ2) is 8.08. The molecular weight excluding hydrogens is 362 g/mol. The van der Waals surface area contributed by atoms with Crippen LogP contribution >= 0.6 is 0 Å². The molecule has 0 radical (unpaired) electrons. The Morgan fingerprint density at radius 1 is 1.18 bits per heavy atom. The number of esters is 1. The molecule has 3 rings (SSSR count). The van der Waals surface area contributed by atoms with Gasteiger partial charge in [0, 0.05) is 24.1 Å². The summed E-state index contributed by atoms with van der Waals surface area (Å²) in [5, 5.41) is 30.5. The van der Waals surface area contributed by atoms with Crippen molar-refractivity contribution in [3.8, 4) is 5.75 Å². The predicted octanol–water partition coefficient (Wildman–Crippen LogP) is 2.10. The van der Waals surface area contributed by atoms with Crippen LogP contribution in [0.1, 0.15) is 41.8 Å². The topological polar surface area (TPSA) is 116 Å². The molecule has 1 aromatic rings. The third-order valence-corrected chi connectivity index (χ3v) is 5.05. The van der Waals surface area contributed by atoms with E-state index in [4.69, 9.17) is 4.74 Å². The summed E-state index contributed by atoms with van der Waals surface area (Å²) < 4.78 is 5.50. The maximum absolute atomic E-state index is 12.8. The number of aliphatic hydroxyl groups excluding tert-OH is 2. The first-order valence-electron chi connectivity index (χ1n) is 9.16. The molecule has 0 aliphatic carbocycles. The number of cyclic esters (lactones) is 1. The lowest BCUT2D eigenvalue weighted by Gasteiger charge is -2.20. The molecule has 4 atom stereocenters. The predicted molar refractivity (Wildman–Crippen MR) is 104 cm³/mol. The number of ketones is 1. The molecule has 0 amide bonds. The highest BCUT2D eigenvalue weighted by Crippen LogP contribution is 2.38. The maximum atomic E-state index is 12.8. The third-order valence-electron chi connectivity index (χ3n) is 5.05. The fraction of sp³-hybridized carbons (Fsp3) is 0.381. The SMILES string of the molecule is C[C@@H]1/C=C\C(=O)[C@@H](O)[C@@H](O)C/C=C/c2c3c(cc(O)c2C(=O)O[C@H]1C)CC=N3. The molecule has 7 nitrogen and oxygen atoms in total. The Kier molecular flexibility index (Phi) is 5.76. The Labute approximate surface area is 162 Å². The maximum Gasteiger partial charge on any atom is 0.342 e. The fourth-order valence-electron chi connectivity index (χ4n) is 3.14. The Morgan fingerprint density at radius 2 is 1.93 bits per heavy atom. The average Bonchev–Trinajstić information content (AvgIpc) is 3.11. The number of hydrogen-bond donors (Lipinski definition) is 3. The molecule has 28 heavy (non-hydrogen) atoms. The Hall–Kier alpha value is -2.77. The average molecular weight is 385 g/mol. The summed E-state index contributed by atoms with van der Waals surface area (Å²) >= 11 is 0. The molecule has 148 valence electrons. The number of rotatable bonds is 0. The summed E-state index contributed by atoms with van der Waals surface area (Å²) in [5.74, 6) is -1.84. The summed E-state index contributed by atoms with van der Waals surface area (Å²) in [4.78, 5) is 29.1. The molecule has 1 aromatic carbocycles. The number of benzene rings is 1. The highest BCUT2D eigenvalue weighted by molar-refractivity contribution is 6.01. The van der Waals surface area contributed by atoms with Gasteiger partial charge in [0.05, 0.1) is 11.8 Å². The van der Waals surface area contributed by atoms with Gasteiger partial charge in [-0.1, -0.05) is 25.2 Å². The van der Waals surface area contributed by atoms with E-state index in [1.54, 1.807) is 26.1 Å². The molecule has 0 aromatic heterocycles. The Bertz CT molecular complexity index is 885. The molecule has 7 heteroatoms. The van der Waals surface area contributed by atoms with Crippen molar-refractivity contribution in [3.05, 3.63) is 41.0 Å². The molecule has 0 bridgehead atoms. The number of phenols is 1. The minimum absolute atomic E-state index is 0.000235. The van der Waals surface area contributed by atoms with Crippen LogP contribution in [0, 0.1) is 5.92 Å². The number of hydrogen-bond acceptors (Lipinski definition) is 7. The zero-order chi connectivity index (χ0) is 20.4. The lowest BCUT2D eigenvalue weighted by Crippen LogP contribution is -2.32. The molecular formula is C21H23NO6. The van der Waals surface area contributed by atoms with Gasteiger partial charge in [-0.3, -0.25) is 9.79 Å². The van der Waals surface area contributed by atoms with Gasteiger partial charge < -0.3 is 20.1 Å². The Morgan fingerprint density at radius 3 is 2.68 bits per heavy atom. The van der Waals surface area contributed by atoms with E-state index in [1.165, 1.54) is 24.3 Å². The number of phenolic OH excluding ortho intramolecular Hbond substituents is 1. The van der Waals surface area contributed by atoms with E-state index in [1.807, 2.05) is 0 Å². The van der Waals surface area contributed by atoms with E-state index < -0.39 is 30.1 Å². The molecule has 0 fully saturated rings. The van der Waals surface area contributed by atoms with Crippen LogP contribution in [0.4, 0.5) is 5.69 Å². The fourth-order valence-corrected chi connectivity index (χ4v) is 3.14. The van der Waals surface area contributed by atoms with Crippen LogP contribution in [0.5, 0.6) is 5.75 Å². The zero-order valence-corrected chi connectivity index (χ0v) is 15.7. The first kappa shape index (κ1) is 20.0. The normalized spacial score (nSPS) is 30.1. The zero-order valence-electron chi connectivity index (χ0n) is 15.7. The lowest BCUT2D eigenvalue weighted by atomic mass is 9.97. The summed E-state index contributed by atoms with van der Waals surface area (Å²) in [5.41, 5.74) is 1.71. The number of aromatic hydroxyl groups is 1.